The minimum atomic E-state index is -0.403. The Labute approximate surface area is 208 Å². The number of rotatable bonds is 8. The average molecular weight is 557 g/mol. The Hall–Kier alpha value is -2.07. The van der Waals surface area contributed by atoms with Crippen LogP contribution < -0.4 is 10.6 Å². The first-order valence-electron chi connectivity index (χ1n) is 9.66. The Bertz CT molecular complexity index is 1140. The van der Waals surface area contributed by atoms with E-state index in [4.69, 9.17) is 23.2 Å². The topological polar surface area (TPSA) is 88.9 Å². The number of hydrogen-bond acceptors (Lipinski definition) is 5. The van der Waals surface area contributed by atoms with Crippen LogP contribution in [0.5, 0.6) is 0 Å². The molecule has 32 heavy (non-hydrogen) atoms. The van der Waals surface area contributed by atoms with Crippen molar-refractivity contribution in [2.24, 2.45) is 0 Å². The zero-order chi connectivity index (χ0) is 23.3. The van der Waals surface area contributed by atoms with Gasteiger partial charge in [0.15, 0.2) is 11.0 Å². The monoisotopic (exact) mass is 555 g/mol. The van der Waals surface area contributed by atoms with Gasteiger partial charge in [-0.1, -0.05) is 47.1 Å². The number of carbonyl (C=O) groups excluding carboxylic acids is 2. The Morgan fingerprint density at radius 2 is 1.91 bits per heavy atom. The zero-order valence-corrected chi connectivity index (χ0v) is 21.1. The predicted molar refractivity (Wildman–Crippen MR) is 132 cm³/mol. The lowest BCUT2D eigenvalue weighted by atomic mass is 10.2. The van der Waals surface area contributed by atoms with Gasteiger partial charge in [0.1, 0.15) is 0 Å². The van der Waals surface area contributed by atoms with Gasteiger partial charge in [-0.3, -0.25) is 9.59 Å². The molecule has 1 aromatic heterocycles. The van der Waals surface area contributed by atoms with Gasteiger partial charge in [-0.05, 0) is 60.1 Å². The van der Waals surface area contributed by atoms with Crippen molar-refractivity contribution < 1.29 is 9.59 Å². The number of carbonyl (C=O) groups is 2. The van der Waals surface area contributed by atoms with E-state index >= 15 is 0 Å². The van der Waals surface area contributed by atoms with Gasteiger partial charge in [-0.15, -0.1) is 10.2 Å². The van der Waals surface area contributed by atoms with Crippen LogP contribution in [0.25, 0.3) is 0 Å². The second-order valence-electron chi connectivity index (χ2n) is 6.73. The van der Waals surface area contributed by atoms with Crippen LogP contribution in [0.15, 0.2) is 52.1 Å². The summed E-state index contributed by atoms with van der Waals surface area (Å²) in [5.41, 5.74) is 1.00. The summed E-state index contributed by atoms with van der Waals surface area (Å²) in [5, 5.41) is 15.6. The third kappa shape index (κ3) is 6.04. The number of halogens is 3. The molecule has 0 bridgehead atoms. The maximum Gasteiger partial charge on any atom is 0.253 e. The van der Waals surface area contributed by atoms with Gasteiger partial charge >= 0.3 is 0 Å². The van der Waals surface area contributed by atoms with Gasteiger partial charge < -0.3 is 15.2 Å². The Kier molecular flexibility index (Phi) is 8.58. The molecule has 0 saturated heterocycles. The zero-order valence-electron chi connectivity index (χ0n) is 17.2. The van der Waals surface area contributed by atoms with Crippen molar-refractivity contribution >= 4 is 68.4 Å². The second-order valence-corrected chi connectivity index (χ2v) is 9.34. The summed E-state index contributed by atoms with van der Waals surface area (Å²) in [7, 11) is 0. The molecule has 7 nitrogen and oxygen atoms in total. The quantitative estimate of drug-likeness (QED) is 0.353. The first kappa shape index (κ1) is 24.6. The van der Waals surface area contributed by atoms with Crippen LogP contribution in [-0.4, -0.2) is 32.3 Å². The molecule has 2 N–H and O–H groups in total. The third-order valence-corrected chi connectivity index (χ3v) is 6.98. The van der Waals surface area contributed by atoms with E-state index in [1.165, 1.54) is 11.8 Å². The molecule has 1 heterocycles. The highest BCUT2D eigenvalue weighted by molar-refractivity contribution is 9.10. The van der Waals surface area contributed by atoms with Gasteiger partial charge in [0.05, 0.1) is 27.4 Å². The fourth-order valence-electron chi connectivity index (χ4n) is 2.91. The molecule has 0 aliphatic rings. The number of hydrogen-bond donors (Lipinski definition) is 2. The summed E-state index contributed by atoms with van der Waals surface area (Å²) < 4.78 is 2.62. The van der Waals surface area contributed by atoms with Gasteiger partial charge in [-0.2, -0.15) is 0 Å². The molecular weight excluding hydrogens is 537 g/mol. The summed E-state index contributed by atoms with van der Waals surface area (Å²) in [4.78, 5) is 24.9. The number of thioether (sulfide) groups is 1. The Morgan fingerprint density at radius 1 is 1.16 bits per heavy atom. The second kappa shape index (κ2) is 11.2. The van der Waals surface area contributed by atoms with Crippen molar-refractivity contribution in [2.75, 3.05) is 11.1 Å². The first-order valence-corrected chi connectivity index (χ1v) is 12.2. The van der Waals surface area contributed by atoms with Crippen molar-refractivity contribution in [3.8, 4) is 0 Å². The molecule has 0 spiro atoms. The Balaban J connectivity index is 1.63. The molecule has 2 amide bonds. The van der Waals surface area contributed by atoms with Crippen molar-refractivity contribution in [1.29, 1.82) is 0 Å². The molecule has 0 aliphatic heterocycles. The minimum Gasteiger partial charge on any atom is -0.342 e. The lowest BCUT2D eigenvalue weighted by molar-refractivity contribution is -0.113. The molecule has 0 aliphatic carbocycles. The maximum absolute atomic E-state index is 12.6. The molecule has 2 aromatic carbocycles. The van der Waals surface area contributed by atoms with Gasteiger partial charge in [0.2, 0.25) is 5.91 Å². The normalized spacial score (nSPS) is 11.8. The number of anilines is 1. The van der Waals surface area contributed by atoms with E-state index in [9.17, 15) is 9.59 Å². The standard InChI is InChI=1S/C21H20BrCl2N5O2S/c1-3-29-19(12(2)25-20(31)14-6-4-5-7-16(14)23)27-28-21(29)32-11-18(30)26-13-8-9-15(22)17(24)10-13/h4-10,12H,3,11H2,1-2H3,(H,25,31)(H,26,30)/t12-/m1/s1. The number of aromatic nitrogens is 3. The molecule has 0 radical (unpaired) electrons. The molecule has 0 saturated carbocycles. The van der Waals surface area contributed by atoms with E-state index in [0.717, 1.165) is 4.47 Å². The first-order chi connectivity index (χ1) is 15.3. The molecule has 11 heteroatoms. The number of amides is 2. The van der Waals surface area contributed by atoms with Crippen LogP contribution in [-0.2, 0) is 11.3 Å². The van der Waals surface area contributed by atoms with Crippen LogP contribution in [0.2, 0.25) is 10.0 Å². The van der Waals surface area contributed by atoms with Crippen LogP contribution in [0.1, 0.15) is 36.1 Å². The molecule has 0 unspecified atom stereocenters. The molecule has 3 aromatic rings. The molecule has 0 fully saturated rings. The SMILES string of the molecule is CCn1c(SCC(=O)Nc2ccc(Br)c(Cl)c2)nnc1[C@@H](C)NC(=O)c1ccccc1Cl. The fourth-order valence-corrected chi connectivity index (χ4v) is 4.37. The fraction of sp³-hybridized carbons (Fsp3) is 0.238. The van der Waals surface area contributed by atoms with Crippen LogP contribution in [0.3, 0.4) is 0 Å². The number of nitrogens with one attached hydrogen (secondary N) is 2. The highest BCUT2D eigenvalue weighted by atomic mass is 79.9. The van der Waals surface area contributed by atoms with Crippen LogP contribution in [0.4, 0.5) is 5.69 Å². The molecule has 3 rings (SSSR count). The summed E-state index contributed by atoms with van der Waals surface area (Å²) in [5.74, 6) is 0.248. The molecular formula is C21H20BrCl2N5O2S. The van der Waals surface area contributed by atoms with E-state index in [1.54, 1.807) is 42.5 Å². The number of nitrogens with zero attached hydrogens (tertiary/aromatic N) is 3. The van der Waals surface area contributed by atoms with Gasteiger partial charge in [0.25, 0.3) is 5.91 Å². The third-order valence-electron chi connectivity index (χ3n) is 4.45. The van der Waals surface area contributed by atoms with E-state index < -0.39 is 6.04 Å². The van der Waals surface area contributed by atoms with Crippen molar-refractivity contribution in [3.63, 3.8) is 0 Å². The van der Waals surface area contributed by atoms with Gasteiger partial charge in [-0.25, -0.2) is 0 Å². The summed E-state index contributed by atoms with van der Waals surface area (Å²) in [6, 6.07) is 11.6. The van der Waals surface area contributed by atoms with E-state index in [-0.39, 0.29) is 17.6 Å². The van der Waals surface area contributed by atoms with Crippen molar-refractivity contribution in [2.45, 2.75) is 31.6 Å². The predicted octanol–water partition coefficient (Wildman–Crippen LogP) is 5.59. The summed E-state index contributed by atoms with van der Waals surface area (Å²) >= 11 is 16.8. The average Bonchev–Trinajstić information content (AvgIpc) is 3.18. The van der Waals surface area contributed by atoms with E-state index in [2.05, 4.69) is 36.8 Å². The van der Waals surface area contributed by atoms with Gasteiger partial charge in [0, 0.05) is 16.7 Å². The molecule has 1 atom stereocenters. The lowest BCUT2D eigenvalue weighted by Crippen LogP contribution is -2.29. The van der Waals surface area contributed by atoms with Crippen molar-refractivity contribution in [1.82, 2.24) is 20.1 Å². The van der Waals surface area contributed by atoms with Crippen LogP contribution in [0, 0.1) is 0 Å². The number of benzene rings is 2. The summed E-state index contributed by atoms with van der Waals surface area (Å²) in [6.07, 6.45) is 0. The maximum atomic E-state index is 12.6. The highest BCUT2D eigenvalue weighted by Crippen LogP contribution is 2.26. The smallest absolute Gasteiger partial charge is 0.253 e. The lowest BCUT2D eigenvalue weighted by Gasteiger charge is -2.15. The Morgan fingerprint density at radius 3 is 2.59 bits per heavy atom. The van der Waals surface area contributed by atoms with Crippen LogP contribution >= 0.6 is 50.9 Å². The molecule has 168 valence electrons. The van der Waals surface area contributed by atoms with E-state index in [1.807, 2.05) is 18.4 Å². The van der Waals surface area contributed by atoms with E-state index in [0.29, 0.717) is 38.8 Å². The highest BCUT2D eigenvalue weighted by Gasteiger charge is 2.21. The summed E-state index contributed by atoms with van der Waals surface area (Å²) in [6.45, 7) is 4.35. The van der Waals surface area contributed by atoms with Crippen molar-refractivity contribution in [3.05, 3.63) is 68.4 Å². The minimum absolute atomic E-state index is 0.145. The largest absolute Gasteiger partial charge is 0.342 e.